The van der Waals surface area contributed by atoms with E-state index in [1.54, 1.807) is 0 Å². The molecule has 0 amide bonds. The summed E-state index contributed by atoms with van der Waals surface area (Å²) in [7, 11) is 0. The summed E-state index contributed by atoms with van der Waals surface area (Å²) in [5.74, 6) is 1.61. The Morgan fingerprint density at radius 2 is 1.81 bits per heavy atom. The van der Waals surface area contributed by atoms with Crippen LogP contribution in [0.4, 0.5) is 0 Å². The third kappa shape index (κ3) is 3.63. The maximum atomic E-state index is 6.37. The maximum absolute atomic E-state index is 6.37. The van der Waals surface area contributed by atoms with Crippen molar-refractivity contribution in [2.45, 2.75) is 69.8 Å². The van der Waals surface area contributed by atoms with Gasteiger partial charge in [0.2, 0.25) is 0 Å². The van der Waals surface area contributed by atoms with Gasteiger partial charge in [0.15, 0.2) is 0 Å². The van der Waals surface area contributed by atoms with E-state index < -0.39 is 0 Å². The van der Waals surface area contributed by atoms with Crippen molar-refractivity contribution in [3.05, 3.63) is 0 Å². The van der Waals surface area contributed by atoms with E-state index in [1.807, 2.05) is 0 Å². The summed E-state index contributed by atoms with van der Waals surface area (Å²) in [5, 5.41) is 0.257. The van der Waals surface area contributed by atoms with Crippen molar-refractivity contribution in [3.8, 4) is 0 Å². The normalized spacial score (nSPS) is 37.5. The van der Waals surface area contributed by atoms with Crippen molar-refractivity contribution in [3.63, 3.8) is 0 Å². The van der Waals surface area contributed by atoms with Crippen LogP contribution < -0.4 is 0 Å². The van der Waals surface area contributed by atoms with Crippen LogP contribution in [0.1, 0.15) is 58.3 Å². The summed E-state index contributed by atoms with van der Waals surface area (Å²) in [5.41, 5.74) is 0. The fourth-order valence-corrected chi connectivity index (χ4v) is 3.59. The van der Waals surface area contributed by atoms with Crippen molar-refractivity contribution in [1.29, 1.82) is 0 Å². The Morgan fingerprint density at radius 1 is 1.06 bits per heavy atom. The van der Waals surface area contributed by atoms with Crippen LogP contribution in [0, 0.1) is 11.8 Å². The SMILES string of the molecule is C[C@@H]1CCC(OCC2CCCCC2)C(Cl)C1. The molecule has 2 aliphatic rings. The van der Waals surface area contributed by atoms with E-state index in [0.717, 1.165) is 24.9 Å². The van der Waals surface area contributed by atoms with Gasteiger partial charge in [-0.3, -0.25) is 0 Å². The van der Waals surface area contributed by atoms with E-state index >= 15 is 0 Å². The molecule has 0 radical (unpaired) electrons. The van der Waals surface area contributed by atoms with Crippen molar-refractivity contribution >= 4 is 11.6 Å². The molecule has 2 heteroatoms. The molecule has 0 aliphatic heterocycles. The molecular formula is C14H25ClO. The number of hydrogen-bond acceptors (Lipinski definition) is 1. The van der Waals surface area contributed by atoms with Gasteiger partial charge in [0.05, 0.1) is 11.5 Å². The Labute approximate surface area is 105 Å². The van der Waals surface area contributed by atoms with E-state index in [1.165, 1.54) is 44.9 Å². The first-order valence-electron chi connectivity index (χ1n) is 7.01. The molecule has 0 bridgehead atoms. The molecule has 0 aromatic rings. The van der Waals surface area contributed by atoms with E-state index in [-0.39, 0.29) is 5.38 Å². The Bertz CT molecular complexity index is 201. The van der Waals surface area contributed by atoms with Gasteiger partial charge >= 0.3 is 0 Å². The van der Waals surface area contributed by atoms with Gasteiger partial charge in [-0.05, 0) is 43.9 Å². The second-order valence-electron chi connectivity index (χ2n) is 5.81. The Morgan fingerprint density at radius 3 is 2.50 bits per heavy atom. The van der Waals surface area contributed by atoms with Crippen LogP contribution in [0.2, 0.25) is 0 Å². The second-order valence-corrected chi connectivity index (χ2v) is 6.37. The third-order valence-electron chi connectivity index (χ3n) is 4.25. The van der Waals surface area contributed by atoms with Crippen LogP contribution in [0.25, 0.3) is 0 Å². The number of alkyl halides is 1. The minimum atomic E-state index is 0.257. The van der Waals surface area contributed by atoms with Crippen LogP contribution in [-0.2, 0) is 4.74 Å². The van der Waals surface area contributed by atoms with E-state index in [4.69, 9.17) is 16.3 Å². The zero-order valence-corrected chi connectivity index (χ0v) is 11.2. The first-order valence-corrected chi connectivity index (χ1v) is 7.45. The molecule has 3 atom stereocenters. The number of halogens is 1. The van der Waals surface area contributed by atoms with Crippen LogP contribution in [0.15, 0.2) is 0 Å². The Balaban J connectivity index is 1.68. The third-order valence-corrected chi connectivity index (χ3v) is 4.70. The minimum Gasteiger partial charge on any atom is -0.376 e. The topological polar surface area (TPSA) is 9.23 Å². The molecule has 0 N–H and O–H groups in total. The first-order chi connectivity index (χ1) is 7.75. The molecule has 0 aromatic heterocycles. The lowest BCUT2D eigenvalue weighted by atomic mass is 9.87. The molecule has 2 rings (SSSR count). The first kappa shape index (κ1) is 12.7. The molecule has 2 unspecified atom stereocenters. The zero-order chi connectivity index (χ0) is 11.4. The molecule has 2 saturated carbocycles. The number of rotatable bonds is 3. The monoisotopic (exact) mass is 244 g/mol. The summed E-state index contributed by atoms with van der Waals surface area (Å²) in [4.78, 5) is 0. The predicted octanol–water partition coefficient (Wildman–Crippen LogP) is 4.38. The van der Waals surface area contributed by atoms with Crippen LogP contribution >= 0.6 is 11.6 Å². The summed E-state index contributed by atoms with van der Waals surface area (Å²) in [6.07, 6.45) is 10.9. The summed E-state index contributed by atoms with van der Waals surface area (Å²) in [6.45, 7) is 3.26. The molecule has 0 saturated heterocycles. The van der Waals surface area contributed by atoms with E-state index in [9.17, 15) is 0 Å². The van der Waals surface area contributed by atoms with Gasteiger partial charge in [0.25, 0.3) is 0 Å². The van der Waals surface area contributed by atoms with Crippen LogP contribution in [0.3, 0.4) is 0 Å². The highest BCUT2D eigenvalue weighted by atomic mass is 35.5. The van der Waals surface area contributed by atoms with E-state index in [0.29, 0.717) is 6.10 Å². The lowest BCUT2D eigenvalue weighted by Gasteiger charge is -2.32. The van der Waals surface area contributed by atoms with E-state index in [2.05, 4.69) is 6.92 Å². The van der Waals surface area contributed by atoms with Crippen LogP contribution in [-0.4, -0.2) is 18.1 Å². The quantitative estimate of drug-likeness (QED) is 0.670. The maximum Gasteiger partial charge on any atom is 0.0738 e. The van der Waals surface area contributed by atoms with Crippen molar-refractivity contribution in [1.82, 2.24) is 0 Å². The standard InChI is InChI=1S/C14H25ClO/c1-11-7-8-14(13(15)9-11)16-10-12-5-3-2-4-6-12/h11-14H,2-10H2,1H3/t11-,13?,14?/m1/s1. The predicted molar refractivity (Wildman–Crippen MR) is 69.0 cm³/mol. The number of hydrogen-bond donors (Lipinski definition) is 0. The molecule has 16 heavy (non-hydrogen) atoms. The average molecular weight is 245 g/mol. The van der Waals surface area contributed by atoms with Crippen molar-refractivity contribution in [2.75, 3.05) is 6.61 Å². The molecule has 2 fully saturated rings. The average Bonchev–Trinajstić information content (AvgIpc) is 2.29. The Kier molecular flexibility index (Phi) is 4.97. The summed E-state index contributed by atoms with van der Waals surface area (Å²) in [6, 6.07) is 0. The van der Waals surface area contributed by atoms with Crippen molar-refractivity contribution < 1.29 is 4.74 Å². The highest BCUT2D eigenvalue weighted by Crippen LogP contribution is 2.31. The molecule has 0 aromatic carbocycles. The smallest absolute Gasteiger partial charge is 0.0738 e. The molecule has 0 spiro atoms. The van der Waals surface area contributed by atoms with Gasteiger partial charge in [-0.2, -0.15) is 0 Å². The summed E-state index contributed by atoms with van der Waals surface area (Å²) >= 11 is 6.37. The Hall–Kier alpha value is 0.250. The lowest BCUT2D eigenvalue weighted by Crippen LogP contribution is -2.33. The zero-order valence-electron chi connectivity index (χ0n) is 10.5. The molecule has 0 heterocycles. The van der Waals surface area contributed by atoms with Gasteiger partial charge in [-0.15, -0.1) is 11.6 Å². The van der Waals surface area contributed by atoms with Gasteiger partial charge in [0.1, 0.15) is 0 Å². The van der Waals surface area contributed by atoms with Gasteiger partial charge in [0, 0.05) is 6.61 Å². The van der Waals surface area contributed by atoms with Gasteiger partial charge in [-0.25, -0.2) is 0 Å². The number of ether oxygens (including phenoxy) is 1. The fraction of sp³-hybridized carbons (Fsp3) is 1.00. The van der Waals surface area contributed by atoms with Crippen LogP contribution in [0.5, 0.6) is 0 Å². The molecule has 94 valence electrons. The molecular weight excluding hydrogens is 220 g/mol. The van der Waals surface area contributed by atoms with Crippen molar-refractivity contribution in [2.24, 2.45) is 11.8 Å². The van der Waals surface area contributed by atoms with Gasteiger partial charge < -0.3 is 4.74 Å². The molecule has 2 aliphatic carbocycles. The highest BCUT2D eigenvalue weighted by molar-refractivity contribution is 6.21. The second kappa shape index (κ2) is 6.26. The minimum absolute atomic E-state index is 0.257. The molecule has 1 nitrogen and oxygen atoms in total. The summed E-state index contributed by atoms with van der Waals surface area (Å²) < 4.78 is 6.05. The largest absolute Gasteiger partial charge is 0.376 e. The lowest BCUT2D eigenvalue weighted by molar-refractivity contribution is -0.00276. The highest BCUT2D eigenvalue weighted by Gasteiger charge is 2.28. The van der Waals surface area contributed by atoms with Gasteiger partial charge in [-0.1, -0.05) is 26.2 Å². The fourth-order valence-electron chi connectivity index (χ4n) is 3.08.